The zero-order chi connectivity index (χ0) is 12.1. The molecule has 5 nitrogen and oxygen atoms in total. The molecule has 92 valence electrons. The van der Waals surface area contributed by atoms with Crippen molar-refractivity contribution >= 4 is 5.97 Å². The van der Waals surface area contributed by atoms with Crippen LogP contribution in [-0.4, -0.2) is 47.2 Å². The molecule has 1 aliphatic rings. The third-order valence-electron chi connectivity index (χ3n) is 2.84. The van der Waals surface area contributed by atoms with Gasteiger partial charge in [-0.15, -0.1) is 0 Å². The van der Waals surface area contributed by atoms with Gasteiger partial charge in [-0.3, -0.25) is 4.90 Å². The summed E-state index contributed by atoms with van der Waals surface area (Å²) in [7, 11) is 0. The van der Waals surface area contributed by atoms with Gasteiger partial charge < -0.3 is 9.84 Å². The number of carboxylic acid groups (broad SMARTS) is 1. The lowest BCUT2D eigenvalue weighted by molar-refractivity contribution is 0.0696. The molecule has 0 radical (unpaired) electrons. The lowest BCUT2D eigenvalue weighted by Crippen LogP contribution is -2.25. The van der Waals surface area contributed by atoms with Crippen LogP contribution in [0.15, 0.2) is 18.3 Å². The van der Waals surface area contributed by atoms with E-state index >= 15 is 0 Å². The predicted octanol–water partition coefficient (Wildman–Crippen LogP) is 1.25. The Labute approximate surface area is 100 Å². The van der Waals surface area contributed by atoms with Crippen LogP contribution in [0.3, 0.4) is 0 Å². The van der Waals surface area contributed by atoms with Crippen LogP contribution >= 0.6 is 0 Å². The highest BCUT2D eigenvalue weighted by atomic mass is 16.5. The number of hydrogen-bond donors (Lipinski definition) is 1. The first-order chi connectivity index (χ1) is 8.25. The average Bonchev–Trinajstić information content (AvgIpc) is 2.83. The summed E-state index contributed by atoms with van der Waals surface area (Å²) >= 11 is 0. The fraction of sp³-hybridized carbons (Fsp3) is 0.500. The van der Waals surface area contributed by atoms with Crippen LogP contribution < -0.4 is 4.74 Å². The summed E-state index contributed by atoms with van der Waals surface area (Å²) in [6.07, 6.45) is 3.85. The van der Waals surface area contributed by atoms with E-state index in [0.29, 0.717) is 12.5 Å². The van der Waals surface area contributed by atoms with Crippen molar-refractivity contribution in [2.24, 2.45) is 0 Å². The fourth-order valence-electron chi connectivity index (χ4n) is 1.88. The SMILES string of the molecule is O=C(O)c1ccc(OCCN2CCCC2)nc1. The molecule has 1 aromatic heterocycles. The highest BCUT2D eigenvalue weighted by molar-refractivity contribution is 5.87. The number of carbonyl (C=O) groups is 1. The van der Waals surface area contributed by atoms with E-state index in [2.05, 4.69) is 9.88 Å². The van der Waals surface area contributed by atoms with Crippen molar-refractivity contribution in [3.63, 3.8) is 0 Å². The van der Waals surface area contributed by atoms with Crippen molar-refractivity contribution in [3.05, 3.63) is 23.9 Å². The van der Waals surface area contributed by atoms with Gasteiger partial charge in [0.1, 0.15) is 6.61 Å². The molecule has 17 heavy (non-hydrogen) atoms. The molecule has 0 aliphatic carbocycles. The Bertz CT molecular complexity index is 372. The minimum absolute atomic E-state index is 0.178. The van der Waals surface area contributed by atoms with Gasteiger partial charge in [-0.05, 0) is 32.0 Å². The smallest absolute Gasteiger partial charge is 0.337 e. The van der Waals surface area contributed by atoms with Gasteiger partial charge in [0.2, 0.25) is 5.88 Å². The first-order valence-electron chi connectivity index (χ1n) is 5.80. The van der Waals surface area contributed by atoms with Crippen molar-refractivity contribution in [2.45, 2.75) is 12.8 Å². The summed E-state index contributed by atoms with van der Waals surface area (Å²) in [5.74, 6) is -0.490. The summed E-state index contributed by atoms with van der Waals surface area (Å²) in [6, 6.07) is 3.09. The lowest BCUT2D eigenvalue weighted by Gasteiger charge is -2.14. The average molecular weight is 236 g/mol. The van der Waals surface area contributed by atoms with Gasteiger partial charge >= 0.3 is 5.97 Å². The van der Waals surface area contributed by atoms with Gasteiger partial charge in [0.05, 0.1) is 5.56 Å². The number of likely N-dealkylation sites (tertiary alicyclic amines) is 1. The molecule has 1 aromatic rings. The molecule has 2 heterocycles. The van der Waals surface area contributed by atoms with Crippen molar-refractivity contribution < 1.29 is 14.6 Å². The largest absolute Gasteiger partial charge is 0.478 e. The molecule has 1 aliphatic heterocycles. The van der Waals surface area contributed by atoms with Gasteiger partial charge in [0.25, 0.3) is 0 Å². The predicted molar refractivity (Wildman–Crippen MR) is 62.4 cm³/mol. The number of aromatic carboxylic acids is 1. The molecular weight excluding hydrogens is 220 g/mol. The number of hydrogen-bond acceptors (Lipinski definition) is 4. The van der Waals surface area contributed by atoms with Gasteiger partial charge in [0, 0.05) is 18.8 Å². The second-order valence-corrected chi connectivity index (χ2v) is 4.09. The molecule has 1 saturated heterocycles. The standard InChI is InChI=1S/C12H16N2O3/c15-12(16)10-3-4-11(13-9-10)17-8-7-14-5-1-2-6-14/h3-4,9H,1-2,5-8H2,(H,15,16). The Hall–Kier alpha value is -1.62. The molecular formula is C12H16N2O3. The summed E-state index contributed by atoms with van der Waals surface area (Å²) in [4.78, 5) is 16.9. The number of ether oxygens (including phenoxy) is 1. The Balaban J connectivity index is 1.76. The van der Waals surface area contributed by atoms with Crippen LogP contribution in [0, 0.1) is 0 Å². The molecule has 0 unspecified atom stereocenters. The molecule has 1 N–H and O–H groups in total. The zero-order valence-electron chi connectivity index (χ0n) is 9.63. The lowest BCUT2D eigenvalue weighted by atomic mass is 10.3. The van der Waals surface area contributed by atoms with E-state index < -0.39 is 5.97 Å². The Kier molecular flexibility index (Phi) is 3.93. The van der Waals surface area contributed by atoms with Crippen LogP contribution in [0.25, 0.3) is 0 Å². The maximum Gasteiger partial charge on any atom is 0.337 e. The normalized spacial score (nSPS) is 16.0. The topological polar surface area (TPSA) is 62.7 Å². The van der Waals surface area contributed by atoms with E-state index in [1.165, 1.54) is 25.1 Å². The molecule has 0 saturated carbocycles. The van der Waals surface area contributed by atoms with Crippen LogP contribution in [0.4, 0.5) is 0 Å². The summed E-state index contributed by atoms with van der Waals surface area (Å²) in [6.45, 7) is 3.80. The molecule has 5 heteroatoms. The first kappa shape index (κ1) is 11.9. The summed E-state index contributed by atoms with van der Waals surface area (Å²) in [5, 5.41) is 8.71. The highest BCUT2D eigenvalue weighted by Crippen LogP contribution is 2.09. The number of aromatic nitrogens is 1. The molecule has 0 atom stereocenters. The Morgan fingerprint density at radius 3 is 2.76 bits per heavy atom. The number of nitrogens with zero attached hydrogens (tertiary/aromatic N) is 2. The number of rotatable bonds is 5. The minimum Gasteiger partial charge on any atom is -0.478 e. The van der Waals surface area contributed by atoms with Crippen LogP contribution in [0.1, 0.15) is 23.2 Å². The maximum absolute atomic E-state index is 10.6. The third-order valence-corrected chi connectivity index (χ3v) is 2.84. The Morgan fingerprint density at radius 2 is 2.18 bits per heavy atom. The quantitative estimate of drug-likeness (QED) is 0.833. The second kappa shape index (κ2) is 5.63. The van der Waals surface area contributed by atoms with E-state index in [1.807, 2.05) is 0 Å². The van der Waals surface area contributed by atoms with Gasteiger partial charge in [-0.1, -0.05) is 0 Å². The third kappa shape index (κ3) is 3.42. The molecule has 1 fully saturated rings. The van der Waals surface area contributed by atoms with E-state index in [4.69, 9.17) is 9.84 Å². The fourth-order valence-corrected chi connectivity index (χ4v) is 1.88. The van der Waals surface area contributed by atoms with E-state index in [0.717, 1.165) is 19.6 Å². The van der Waals surface area contributed by atoms with Crippen LogP contribution in [0.2, 0.25) is 0 Å². The second-order valence-electron chi connectivity index (χ2n) is 4.09. The summed E-state index contributed by atoms with van der Waals surface area (Å²) < 4.78 is 5.46. The molecule has 0 bridgehead atoms. The van der Waals surface area contributed by atoms with E-state index in [-0.39, 0.29) is 5.56 Å². The molecule has 2 rings (SSSR count). The van der Waals surface area contributed by atoms with Crippen molar-refractivity contribution in [1.82, 2.24) is 9.88 Å². The summed E-state index contributed by atoms with van der Waals surface area (Å²) in [5.41, 5.74) is 0.178. The van der Waals surface area contributed by atoms with Crippen LogP contribution in [-0.2, 0) is 0 Å². The molecule has 0 amide bonds. The maximum atomic E-state index is 10.6. The number of carboxylic acids is 1. The number of pyridine rings is 1. The molecule has 0 aromatic carbocycles. The van der Waals surface area contributed by atoms with Crippen molar-refractivity contribution in [2.75, 3.05) is 26.2 Å². The van der Waals surface area contributed by atoms with Gasteiger partial charge in [-0.2, -0.15) is 0 Å². The zero-order valence-corrected chi connectivity index (χ0v) is 9.63. The molecule has 0 spiro atoms. The van der Waals surface area contributed by atoms with Gasteiger partial charge in [0.15, 0.2) is 0 Å². The van der Waals surface area contributed by atoms with E-state index in [1.54, 1.807) is 6.07 Å². The first-order valence-corrected chi connectivity index (χ1v) is 5.80. The highest BCUT2D eigenvalue weighted by Gasteiger charge is 2.11. The van der Waals surface area contributed by atoms with E-state index in [9.17, 15) is 4.79 Å². The Morgan fingerprint density at radius 1 is 1.41 bits per heavy atom. The minimum atomic E-state index is -0.971. The van der Waals surface area contributed by atoms with Crippen molar-refractivity contribution in [3.8, 4) is 5.88 Å². The van der Waals surface area contributed by atoms with Gasteiger partial charge in [-0.25, -0.2) is 9.78 Å². The monoisotopic (exact) mass is 236 g/mol. The van der Waals surface area contributed by atoms with Crippen LogP contribution in [0.5, 0.6) is 5.88 Å². The van der Waals surface area contributed by atoms with Crippen molar-refractivity contribution in [1.29, 1.82) is 0 Å².